The lowest BCUT2D eigenvalue weighted by molar-refractivity contribution is 0.0162. The van der Waals surface area contributed by atoms with Gasteiger partial charge in [-0.05, 0) is 53.0 Å². The molecule has 1 fully saturated rings. The monoisotopic (exact) mass is 229 g/mol. The zero-order valence-electron chi connectivity index (χ0n) is 11.1. The summed E-state index contributed by atoms with van der Waals surface area (Å²) in [5, 5.41) is 3.47. The Labute approximate surface area is 99.9 Å². The smallest absolute Gasteiger partial charge is 0.0809 e. The van der Waals surface area contributed by atoms with Gasteiger partial charge in [-0.15, -0.1) is 0 Å². The Bertz CT molecular complexity index is 171. The quantitative estimate of drug-likeness (QED) is 0.680. The summed E-state index contributed by atoms with van der Waals surface area (Å²) in [6, 6.07) is 0. The first kappa shape index (κ1) is 13.9. The lowest BCUT2D eigenvalue weighted by Crippen LogP contribution is -2.36. The first-order valence-electron chi connectivity index (χ1n) is 6.52. The van der Waals surface area contributed by atoms with Gasteiger partial charge in [0.15, 0.2) is 0 Å². The van der Waals surface area contributed by atoms with Crippen molar-refractivity contribution in [3.05, 3.63) is 0 Å². The number of nitrogens with one attached hydrogen (secondary N) is 1. The molecule has 1 heterocycles. The lowest BCUT2D eigenvalue weighted by atomic mass is 10.1. The second-order valence-corrected chi connectivity index (χ2v) is 5.59. The molecule has 0 bridgehead atoms. The van der Waals surface area contributed by atoms with Gasteiger partial charge in [0.25, 0.3) is 0 Å². The zero-order valence-corrected chi connectivity index (χ0v) is 11.1. The van der Waals surface area contributed by atoms with Crippen molar-refractivity contribution >= 4 is 0 Å². The van der Waals surface area contributed by atoms with Crippen molar-refractivity contribution < 1.29 is 9.47 Å². The molecule has 1 N–H and O–H groups in total. The van der Waals surface area contributed by atoms with Crippen LogP contribution in [-0.4, -0.2) is 38.0 Å². The Balaban J connectivity index is 1.81. The van der Waals surface area contributed by atoms with Gasteiger partial charge in [0, 0.05) is 18.8 Å². The summed E-state index contributed by atoms with van der Waals surface area (Å²) in [7, 11) is 0. The van der Waals surface area contributed by atoms with Crippen molar-refractivity contribution in [3.8, 4) is 0 Å². The average molecular weight is 229 g/mol. The molecule has 1 atom stereocenters. The molecule has 0 aliphatic carbocycles. The van der Waals surface area contributed by atoms with E-state index in [1.165, 1.54) is 19.3 Å². The number of hydrogen-bond acceptors (Lipinski definition) is 3. The molecule has 1 unspecified atom stereocenters. The van der Waals surface area contributed by atoms with E-state index >= 15 is 0 Å². The summed E-state index contributed by atoms with van der Waals surface area (Å²) >= 11 is 0. The van der Waals surface area contributed by atoms with Crippen LogP contribution in [0.2, 0.25) is 0 Å². The van der Waals surface area contributed by atoms with Crippen molar-refractivity contribution in [2.24, 2.45) is 0 Å². The molecule has 3 heteroatoms. The summed E-state index contributed by atoms with van der Waals surface area (Å²) < 4.78 is 11.1. The summed E-state index contributed by atoms with van der Waals surface area (Å²) in [5.41, 5.74) is 0.235. The number of ether oxygens (including phenoxy) is 2. The van der Waals surface area contributed by atoms with Crippen LogP contribution in [-0.2, 0) is 9.47 Å². The van der Waals surface area contributed by atoms with E-state index in [4.69, 9.17) is 9.47 Å². The predicted octanol–water partition coefficient (Wildman–Crippen LogP) is 2.35. The van der Waals surface area contributed by atoms with Crippen LogP contribution in [0, 0.1) is 0 Å². The lowest BCUT2D eigenvalue weighted by Gasteiger charge is -2.20. The summed E-state index contributed by atoms with van der Waals surface area (Å²) in [5.74, 6) is 0. The molecule has 0 aromatic rings. The van der Waals surface area contributed by atoms with Gasteiger partial charge < -0.3 is 14.8 Å². The van der Waals surface area contributed by atoms with Gasteiger partial charge in [0.05, 0.1) is 12.7 Å². The molecular weight excluding hydrogens is 202 g/mol. The standard InChI is InChI=1S/C13H27NO2/c1-13(2,3)14-8-4-5-9-15-11-12-7-6-10-16-12/h12,14H,4-11H2,1-3H3. The maximum Gasteiger partial charge on any atom is 0.0809 e. The van der Waals surface area contributed by atoms with E-state index in [1.54, 1.807) is 0 Å². The molecular formula is C13H27NO2. The van der Waals surface area contributed by atoms with E-state index in [9.17, 15) is 0 Å². The highest BCUT2D eigenvalue weighted by atomic mass is 16.5. The molecule has 0 spiro atoms. The first-order chi connectivity index (χ1) is 7.58. The molecule has 1 aliphatic rings. The van der Waals surface area contributed by atoms with Crippen LogP contribution in [0.5, 0.6) is 0 Å². The molecule has 96 valence electrons. The Morgan fingerprint density at radius 1 is 1.31 bits per heavy atom. The van der Waals surface area contributed by atoms with E-state index in [0.29, 0.717) is 6.10 Å². The van der Waals surface area contributed by atoms with Gasteiger partial charge in [-0.2, -0.15) is 0 Å². The normalized spacial score (nSPS) is 21.6. The molecule has 0 radical (unpaired) electrons. The fourth-order valence-corrected chi connectivity index (χ4v) is 1.78. The first-order valence-corrected chi connectivity index (χ1v) is 6.52. The fraction of sp³-hybridized carbons (Fsp3) is 1.00. The van der Waals surface area contributed by atoms with Crippen LogP contribution in [0.4, 0.5) is 0 Å². The van der Waals surface area contributed by atoms with Crippen LogP contribution in [0.25, 0.3) is 0 Å². The molecule has 1 saturated heterocycles. The maximum atomic E-state index is 5.60. The van der Waals surface area contributed by atoms with E-state index in [0.717, 1.165) is 32.8 Å². The summed E-state index contributed by atoms with van der Waals surface area (Å²) in [6.07, 6.45) is 5.06. The van der Waals surface area contributed by atoms with Gasteiger partial charge in [-0.1, -0.05) is 0 Å². The van der Waals surface area contributed by atoms with Crippen molar-refractivity contribution in [2.75, 3.05) is 26.4 Å². The van der Waals surface area contributed by atoms with E-state index in [1.807, 2.05) is 0 Å². The highest BCUT2D eigenvalue weighted by molar-refractivity contribution is 4.69. The van der Waals surface area contributed by atoms with Gasteiger partial charge in [-0.3, -0.25) is 0 Å². The summed E-state index contributed by atoms with van der Waals surface area (Å²) in [4.78, 5) is 0. The van der Waals surface area contributed by atoms with Crippen LogP contribution < -0.4 is 5.32 Å². The molecule has 3 nitrogen and oxygen atoms in total. The van der Waals surface area contributed by atoms with Gasteiger partial charge in [0.1, 0.15) is 0 Å². The van der Waals surface area contributed by atoms with Crippen LogP contribution in [0.1, 0.15) is 46.5 Å². The molecule has 0 saturated carbocycles. The third kappa shape index (κ3) is 7.20. The van der Waals surface area contributed by atoms with Crippen LogP contribution in [0.3, 0.4) is 0 Å². The second kappa shape index (κ2) is 7.25. The van der Waals surface area contributed by atoms with E-state index in [2.05, 4.69) is 26.1 Å². The molecule has 0 aromatic heterocycles. The van der Waals surface area contributed by atoms with E-state index in [-0.39, 0.29) is 5.54 Å². The predicted molar refractivity (Wildman–Crippen MR) is 66.8 cm³/mol. The SMILES string of the molecule is CC(C)(C)NCCCCOCC1CCCO1. The maximum absolute atomic E-state index is 5.60. The number of unbranched alkanes of at least 4 members (excludes halogenated alkanes) is 1. The minimum Gasteiger partial charge on any atom is -0.379 e. The number of hydrogen-bond donors (Lipinski definition) is 1. The highest BCUT2D eigenvalue weighted by Crippen LogP contribution is 2.11. The third-order valence-corrected chi connectivity index (χ3v) is 2.70. The van der Waals surface area contributed by atoms with Gasteiger partial charge in [-0.25, -0.2) is 0 Å². The van der Waals surface area contributed by atoms with E-state index < -0.39 is 0 Å². The minimum absolute atomic E-state index is 0.235. The molecule has 16 heavy (non-hydrogen) atoms. The van der Waals surface area contributed by atoms with Gasteiger partial charge in [0.2, 0.25) is 0 Å². The molecule has 0 amide bonds. The Morgan fingerprint density at radius 3 is 2.75 bits per heavy atom. The van der Waals surface area contributed by atoms with Crippen molar-refractivity contribution in [3.63, 3.8) is 0 Å². The molecule has 1 aliphatic heterocycles. The van der Waals surface area contributed by atoms with Crippen LogP contribution in [0.15, 0.2) is 0 Å². The zero-order chi connectivity index (χ0) is 11.9. The van der Waals surface area contributed by atoms with Crippen molar-refractivity contribution in [1.82, 2.24) is 5.32 Å². The van der Waals surface area contributed by atoms with Gasteiger partial charge >= 0.3 is 0 Å². The van der Waals surface area contributed by atoms with Crippen LogP contribution >= 0.6 is 0 Å². The van der Waals surface area contributed by atoms with Crippen molar-refractivity contribution in [1.29, 1.82) is 0 Å². The summed E-state index contributed by atoms with van der Waals surface area (Å²) in [6.45, 7) is 10.2. The fourth-order valence-electron chi connectivity index (χ4n) is 1.78. The third-order valence-electron chi connectivity index (χ3n) is 2.70. The molecule has 0 aromatic carbocycles. The Hall–Kier alpha value is -0.120. The minimum atomic E-state index is 0.235. The second-order valence-electron chi connectivity index (χ2n) is 5.59. The largest absolute Gasteiger partial charge is 0.379 e. The topological polar surface area (TPSA) is 30.5 Å². The van der Waals surface area contributed by atoms with Crippen molar-refractivity contribution in [2.45, 2.75) is 58.1 Å². The Morgan fingerprint density at radius 2 is 2.12 bits per heavy atom. The number of rotatable bonds is 7. The Kier molecular flexibility index (Phi) is 6.32. The molecule has 1 rings (SSSR count). The average Bonchev–Trinajstić information content (AvgIpc) is 2.67. The highest BCUT2D eigenvalue weighted by Gasteiger charge is 2.14.